The topological polar surface area (TPSA) is 84.7 Å². The lowest BCUT2D eigenvalue weighted by Gasteiger charge is -2.12. The van der Waals surface area contributed by atoms with Crippen LogP contribution in [0.5, 0.6) is 0 Å². The SMILES string of the molecule is COCCNC(=O)c1nc(C(=O)NCCC2=CCCCC2)n2ccccc12. The number of imidazole rings is 1. The van der Waals surface area contributed by atoms with Gasteiger partial charge >= 0.3 is 0 Å². The zero-order valence-electron chi connectivity index (χ0n) is 15.7. The number of aromatic nitrogens is 2. The molecule has 0 spiro atoms. The van der Waals surface area contributed by atoms with Crippen LogP contribution in [0.1, 0.15) is 53.2 Å². The molecule has 0 aliphatic heterocycles. The minimum absolute atomic E-state index is 0.222. The van der Waals surface area contributed by atoms with Gasteiger partial charge in [-0.15, -0.1) is 0 Å². The van der Waals surface area contributed by atoms with Crippen molar-refractivity contribution >= 4 is 17.3 Å². The zero-order chi connectivity index (χ0) is 19.1. The highest BCUT2D eigenvalue weighted by molar-refractivity contribution is 6.02. The van der Waals surface area contributed by atoms with Crippen LogP contribution >= 0.6 is 0 Å². The van der Waals surface area contributed by atoms with Gasteiger partial charge in [-0.1, -0.05) is 17.7 Å². The van der Waals surface area contributed by atoms with Gasteiger partial charge in [0.2, 0.25) is 5.82 Å². The molecule has 144 valence electrons. The first-order valence-corrected chi connectivity index (χ1v) is 9.41. The zero-order valence-corrected chi connectivity index (χ0v) is 15.7. The summed E-state index contributed by atoms with van der Waals surface area (Å²) in [4.78, 5) is 29.4. The summed E-state index contributed by atoms with van der Waals surface area (Å²) in [7, 11) is 1.57. The van der Waals surface area contributed by atoms with Crippen LogP contribution in [-0.4, -0.2) is 48.0 Å². The van der Waals surface area contributed by atoms with E-state index in [1.54, 1.807) is 23.8 Å². The Bertz CT molecular complexity index is 841. The van der Waals surface area contributed by atoms with E-state index in [-0.39, 0.29) is 23.3 Å². The molecule has 0 saturated heterocycles. The summed E-state index contributed by atoms with van der Waals surface area (Å²) in [6.07, 6.45) is 9.62. The molecule has 2 N–H and O–H groups in total. The third-order valence-electron chi connectivity index (χ3n) is 4.68. The van der Waals surface area contributed by atoms with E-state index >= 15 is 0 Å². The lowest BCUT2D eigenvalue weighted by atomic mass is 9.97. The number of hydrogen-bond acceptors (Lipinski definition) is 4. The molecule has 0 saturated carbocycles. The average Bonchev–Trinajstić information content (AvgIpc) is 3.09. The Morgan fingerprint density at radius 2 is 2.04 bits per heavy atom. The number of hydrogen-bond donors (Lipinski definition) is 2. The molecule has 2 amide bonds. The number of fused-ring (bicyclic) bond motifs is 1. The molecule has 0 atom stereocenters. The Hall–Kier alpha value is -2.67. The molecular formula is C20H26N4O3. The summed E-state index contributed by atoms with van der Waals surface area (Å²) in [5, 5.41) is 5.68. The lowest BCUT2D eigenvalue weighted by molar-refractivity contribution is 0.0934. The summed E-state index contributed by atoms with van der Waals surface area (Å²) in [5.41, 5.74) is 2.26. The fraction of sp³-hybridized carbons (Fsp3) is 0.450. The maximum atomic E-state index is 12.6. The molecule has 0 aromatic carbocycles. The van der Waals surface area contributed by atoms with Crippen molar-refractivity contribution in [2.75, 3.05) is 26.8 Å². The van der Waals surface area contributed by atoms with Crippen molar-refractivity contribution in [2.24, 2.45) is 0 Å². The minimum atomic E-state index is -0.317. The van der Waals surface area contributed by atoms with Crippen LogP contribution in [-0.2, 0) is 4.74 Å². The number of allylic oxidation sites excluding steroid dienone is 1. The number of rotatable bonds is 8. The van der Waals surface area contributed by atoms with E-state index in [2.05, 4.69) is 21.7 Å². The first kappa shape index (κ1) is 19.1. The van der Waals surface area contributed by atoms with Crippen molar-refractivity contribution in [1.82, 2.24) is 20.0 Å². The average molecular weight is 370 g/mol. The molecule has 0 unspecified atom stereocenters. The first-order chi connectivity index (χ1) is 13.2. The standard InChI is InChI=1S/C20H26N4O3/c1-27-14-12-22-19(25)17-16-9-5-6-13-24(16)18(23-17)20(26)21-11-10-15-7-3-2-4-8-15/h5-7,9,13H,2-4,8,10-12,14H2,1H3,(H,21,26)(H,22,25). The highest BCUT2D eigenvalue weighted by Gasteiger charge is 2.21. The van der Waals surface area contributed by atoms with E-state index in [0.717, 1.165) is 19.3 Å². The van der Waals surface area contributed by atoms with E-state index in [1.807, 2.05) is 12.1 Å². The van der Waals surface area contributed by atoms with Gasteiger partial charge in [0.1, 0.15) is 0 Å². The summed E-state index contributed by atoms with van der Waals surface area (Å²) < 4.78 is 6.60. The molecular weight excluding hydrogens is 344 g/mol. The van der Waals surface area contributed by atoms with Crippen LogP contribution in [0.15, 0.2) is 36.0 Å². The Labute approximate surface area is 158 Å². The molecule has 3 rings (SSSR count). The number of nitrogens with zero attached hydrogens (tertiary/aromatic N) is 2. The summed E-state index contributed by atoms with van der Waals surface area (Å²) >= 11 is 0. The maximum Gasteiger partial charge on any atom is 0.287 e. The number of methoxy groups -OCH3 is 1. The van der Waals surface area contributed by atoms with E-state index in [1.165, 1.54) is 18.4 Å². The van der Waals surface area contributed by atoms with Crippen molar-refractivity contribution in [3.05, 3.63) is 47.6 Å². The molecule has 0 bridgehead atoms. The predicted molar refractivity (Wildman–Crippen MR) is 103 cm³/mol. The molecule has 7 heteroatoms. The van der Waals surface area contributed by atoms with Crippen LogP contribution < -0.4 is 10.6 Å². The molecule has 2 aromatic rings. The van der Waals surface area contributed by atoms with Crippen molar-refractivity contribution in [3.63, 3.8) is 0 Å². The highest BCUT2D eigenvalue weighted by Crippen LogP contribution is 2.19. The number of nitrogens with one attached hydrogen (secondary N) is 2. The number of pyridine rings is 1. The number of carbonyl (C=O) groups is 2. The molecule has 0 fully saturated rings. The quantitative estimate of drug-likeness (QED) is 0.552. The monoisotopic (exact) mass is 370 g/mol. The van der Waals surface area contributed by atoms with Crippen molar-refractivity contribution in [1.29, 1.82) is 0 Å². The van der Waals surface area contributed by atoms with E-state index in [0.29, 0.717) is 25.2 Å². The fourth-order valence-corrected chi connectivity index (χ4v) is 3.26. The Balaban J connectivity index is 1.70. The van der Waals surface area contributed by atoms with Crippen LogP contribution in [0.2, 0.25) is 0 Å². The second-order valence-corrected chi connectivity index (χ2v) is 6.60. The van der Waals surface area contributed by atoms with Gasteiger partial charge < -0.3 is 15.4 Å². The van der Waals surface area contributed by atoms with Crippen molar-refractivity contribution in [3.8, 4) is 0 Å². The van der Waals surface area contributed by atoms with Crippen molar-refractivity contribution in [2.45, 2.75) is 32.1 Å². The van der Waals surface area contributed by atoms with Gasteiger partial charge in [0.15, 0.2) is 5.69 Å². The summed E-state index contributed by atoms with van der Waals surface area (Å²) in [6, 6.07) is 5.41. The van der Waals surface area contributed by atoms with Crippen LogP contribution in [0.25, 0.3) is 5.52 Å². The molecule has 1 aliphatic rings. The maximum absolute atomic E-state index is 12.6. The molecule has 1 aliphatic carbocycles. The Kier molecular flexibility index (Phi) is 6.59. The van der Waals surface area contributed by atoms with Gasteiger partial charge in [0.25, 0.3) is 11.8 Å². The lowest BCUT2D eigenvalue weighted by Crippen LogP contribution is -2.28. The first-order valence-electron chi connectivity index (χ1n) is 9.41. The van der Waals surface area contributed by atoms with Crippen LogP contribution in [0.4, 0.5) is 0 Å². The second kappa shape index (κ2) is 9.32. The van der Waals surface area contributed by atoms with Crippen LogP contribution in [0.3, 0.4) is 0 Å². The second-order valence-electron chi connectivity index (χ2n) is 6.60. The molecule has 2 heterocycles. The molecule has 2 aromatic heterocycles. The molecule has 27 heavy (non-hydrogen) atoms. The van der Waals surface area contributed by atoms with Gasteiger partial charge in [-0.2, -0.15) is 0 Å². The van der Waals surface area contributed by atoms with Crippen molar-refractivity contribution < 1.29 is 14.3 Å². The van der Waals surface area contributed by atoms with E-state index in [4.69, 9.17) is 4.74 Å². The molecule has 7 nitrogen and oxygen atoms in total. The number of amides is 2. The van der Waals surface area contributed by atoms with E-state index in [9.17, 15) is 9.59 Å². The van der Waals surface area contributed by atoms with Gasteiger partial charge in [-0.05, 0) is 44.2 Å². The Morgan fingerprint density at radius 1 is 1.19 bits per heavy atom. The third kappa shape index (κ3) is 4.74. The minimum Gasteiger partial charge on any atom is -0.383 e. The smallest absolute Gasteiger partial charge is 0.287 e. The Morgan fingerprint density at radius 3 is 2.81 bits per heavy atom. The summed E-state index contributed by atoms with van der Waals surface area (Å²) in [5.74, 6) is -0.370. The van der Waals surface area contributed by atoms with Gasteiger partial charge in [0, 0.05) is 26.4 Å². The summed E-state index contributed by atoms with van der Waals surface area (Å²) in [6.45, 7) is 1.38. The largest absolute Gasteiger partial charge is 0.383 e. The normalized spacial score (nSPS) is 14.0. The van der Waals surface area contributed by atoms with Gasteiger partial charge in [0.05, 0.1) is 12.1 Å². The van der Waals surface area contributed by atoms with Gasteiger partial charge in [-0.25, -0.2) is 4.98 Å². The molecule has 0 radical (unpaired) electrons. The predicted octanol–water partition coefficient (Wildman–Crippen LogP) is 2.33. The fourth-order valence-electron chi connectivity index (χ4n) is 3.26. The van der Waals surface area contributed by atoms with Crippen LogP contribution in [0, 0.1) is 0 Å². The van der Waals surface area contributed by atoms with Gasteiger partial charge in [-0.3, -0.25) is 14.0 Å². The highest BCUT2D eigenvalue weighted by atomic mass is 16.5. The van der Waals surface area contributed by atoms with E-state index < -0.39 is 0 Å². The third-order valence-corrected chi connectivity index (χ3v) is 4.68. The number of ether oxygens (including phenoxy) is 1. The number of carbonyl (C=O) groups excluding carboxylic acids is 2.